The minimum Gasteiger partial charge on any atom is -0.508 e. The Balaban J connectivity index is 1.80. The van der Waals surface area contributed by atoms with Gasteiger partial charge in [0.2, 0.25) is 0 Å². The molecule has 0 radical (unpaired) electrons. The number of rotatable bonds is 3. The van der Waals surface area contributed by atoms with Crippen LogP contribution in [0.15, 0.2) is 60.4 Å². The van der Waals surface area contributed by atoms with E-state index < -0.39 is 5.97 Å². The van der Waals surface area contributed by atoms with Crippen LogP contribution in [0, 0.1) is 0 Å². The lowest BCUT2D eigenvalue weighted by Crippen LogP contribution is -2.17. The van der Waals surface area contributed by atoms with Gasteiger partial charge in [0.1, 0.15) is 30.3 Å². The average molecular weight is 282 g/mol. The third-order valence-electron chi connectivity index (χ3n) is 3.23. The molecule has 0 amide bonds. The molecule has 0 atom stereocenters. The Bertz CT molecular complexity index is 689. The van der Waals surface area contributed by atoms with E-state index >= 15 is 0 Å². The van der Waals surface area contributed by atoms with E-state index in [4.69, 9.17) is 9.47 Å². The molecule has 21 heavy (non-hydrogen) atoms. The van der Waals surface area contributed by atoms with Gasteiger partial charge >= 0.3 is 5.97 Å². The highest BCUT2D eigenvalue weighted by atomic mass is 16.5. The largest absolute Gasteiger partial charge is 0.508 e. The zero-order valence-corrected chi connectivity index (χ0v) is 11.3. The third kappa shape index (κ3) is 2.74. The van der Waals surface area contributed by atoms with Gasteiger partial charge in [0.05, 0.1) is 0 Å². The van der Waals surface area contributed by atoms with Gasteiger partial charge < -0.3 is 14.6 Å². The lowest BCUT2D eigenvalue weighted by Gasteiger charge is -2.19. The second kappa shape index (κ2) is 5.71. The maximum absolute atomic E-state index is 12.2. The summed E-state index contributed by atoms with van der Waals surface area (Å²) < 4.78 is 10.6. The molecule has 1 aliphatic heterocycles. The standard InChI is InChI=1S/C17H14O4/c18-14-11-20-15-9-5-4-8-13(15)16(14)17(19)21-10-12-6-2-1-3-7-12/h1-9,18H,10-11H2. The molecule has 3 rings (SSSR count). The van der Waals surface area contributed by atoms with Gasteiger partial charge in [-0.3, -0.25) is 0 Å². The zero-order chi connectivity index (χ0) is 14.7. The number of aliphatic hydroxyl groups is 1. The van der Waals surface area contributed by atoms with Crippen LogP contribution in [-0.4, -0.2) is 17.7 Å². The van der Waals surface area contributed by atoms with E-state index in [1.165, 1.54) is 0 Å². The predicted molar refractivity (Wildman–Crippen MR) is 77.7 cm³/mol. The highest BCUT2D eigenvalue weighted by Crippen LogP contribution is 2.32. The Morgan fingerprint density at radius 2 is 1.81 bits per heavy atom. The van der Waals surface area contributed by atoms with Crippen molar-refractivity contribution in [3.05, 3.63) is 71.5 Å². The summed E-state index contributed by atoms with van der Waals surface area (Å²) in [6.45, 7) is 0.145. The Morgan fingerprint density at radius 3 is 2.62 bits per heavy atom. The van der Waals surface area contributed by atoms with Gasteiger partial charge in [0.25, 0.3) is 0 Å². The summed E-state index contributed by atoms with van der Waals surface area (Å²) >= 11 is 0. The molecule has 106 valence electrons. The summed E-state index contributed by atoms with van der Waals surface area (Å²) in [5.74, 6) is -0.0826. The van der Waals surface area contributed by atoms with E-state index in [1.807, 2.05) is 36.4 Å². The minimum absolute atomic E-state index is 0.0210. The highest BCUT2D eigenvalue weighted by molar-refractivity contribution is 6.18. The number of carbonyl (C=O) groups is 1. The van der Waals surface area contributed by atoms with E-state index in [1.54, 1.807) is 18.2 Å². The Kier molecular flexibility index (Phi) is 3.60. The van der Waals surface area contributed by atoms with Crippen molar-refractivity contribution in [1.82, 2.24) is 0 Å². The van der Waals surface area contributed by atoms with E-state index in [0.29, 0.717) is 11.3 Å². The number of benzene rings is 2. The molecule has 0 saturated carbocycles. The molecule has 1 N–H and O–H groups in total. The lowest BCUT2D eigenvalue weighted by atomic mass is 10.0. The molecule has 4 nitrogen and oxygen atoms in total. The van der Waals surface area contributed by atoms with Gasteiger partial charge in [0, 0.05) is 5.56 Å². The van der Waals surface area contributed by atoms with Crippen molar-refractivity contribution < 1.29 is 19.4 Å². The summed E-state index contributed by atoms with van der Waals surface area (Å²) in [7, 11) is 0. The molecule has 0 saturated heterocycles. The van der Waals surface area contributed by atoms with Crippen molar-refractivity contribution in [3.63, 3.8) is 0 Å². The maximum atomic E-state index is 12.2. The summed E-state index contributed by atoms with van der Waals surface area (Å²) in [4.78, 5) is 12.2. The quantitative estimate of drug-likeness (QED) is 0.879. The second-order valence-electron chi connectivity index (χ2n) is 4.67. The summed E-state index contributed by atoms with van der Waals surface area (Å²) in [6, 6.07) is 16.5. The molecule has 0 fully saturated rings. The molecule has 4 heteroatoms. The molecule has 0 aromatic heterocycles. The molecule has 0 aliphatic carbocycles. The fraction of sp³-hybridized carbons (Fsp3) is 0.118. The Morgan fingerprint density at radius 1 is 1.10 bits per heavy atom. The van der Waals surface area contributed by atoms with Crippen molar-refractivity contribution in [2.24, 2.45) is 0 Å². The van der Waals surface area contributed by atoms with Crippen LogP contribution in [0.2, 0.25) is 0 Å². The van der Waals surface area contributed by atoms with Crippen molar-refractivity contribution in [1.29, 1.82) is 0 Å². The third-order valence-corrected chi connectivity index (χ3v) is 3.23. The van der Waals surface area contributed by atoms with Crippen LogP contribution in [-0.2, 0) is 16.1 Å². The normalized spacial score (nSPS) is 13.3. The van der Waals surface area contributed by atoms with E-state index in [0.717, 1.165) is 5.56 Å². The van der Waals surface area contributed by atoms with Crippen LogP contribution in [0.5, 0.6) is 5.75 Å². The van der Waals surface area contributed by atoms with Crippen LogP contribution >= 0.6 is 0 Å². The molecule has 1 aliphatic rings. The van der Waals surface area contributed by atoms with Crippen LogP contribution in [0.3, 0.4) is 0 Å². The van der Waals surface area contributed by atoms with Crippen molar-refractivity contribution in [2.45, 2.75) is 6.61 Å². The number of hydrogen-bond acceptors (Lipinski definition) is 4. The van der Waals surface area contributed by atoms with E-state index in [-0.39, 0.29) is 24.5 Å². The summed E-state index contributed by atoms with van der Waals surface area (Å²) in [6.07, 6.45) is 0. The molecular weight excluding hydrogens is 268 g/mol. The van der Waals surface area contributed by atoms with Gasteiger partial charge in [-0.05, 0) is 11.6 Å². The van der Waals surface area contributed by atoms with Crippen LogP contribution in [0.4, 0.5) is 0 Å². The van der Waals surface area contributed by atoms with Gasteiger partial charge in [-0.15, -0.1) is 0 Å². The topological polar surface area (TPSA) is 55.8 Å². The van der Waals surface area contributed by atoms with E-state index in [9.17, 15) is 9.90 Å². The Labute approximate surface area is 122 Å². The van der Waals surface area contributed by atoms with Crippen molar-refractivity contribution in [2.75, 3.05) is 6.61 Å². The first kappa shape index (κ1) is 13.2. The first-order valence-corrected chi connectivity index (χ1v) is 6.61. The van der Waals surface area contributed by atoms with Gasteiger partial charge in [-0.2, -0.15) is 0 Å². The van der Waals surface area contributed by atoms with Gasteiger partial charge in [0.15, 0.2) is 0 Å². The van der Waals surface area contributed by atoms with Gasteiger partial charge in [-0.1, -0.05) is 48.5 Å². The number of ether oxygens (including phenoxy) is 2. The minimum atomic E-state index is -0.549. The molecule has 0 bridgehead atoms. The van der Waals surface area contributed by atoms with Crippen LogP contribution in [0.1, 0.15) is 11.1 Å². The smallest absolute Gasteiger partial charge is 0.342 e. The number of hydrogen-bond donors (Lipinski definition) is 1. The molecule has 1 heterocycles. The fourth-order valence-corrected chi connectivity index (χ4v) is 2.20. The van der Waals surface area contributed by atoms with Crippen molar-refractivity contribution in [3.8, 4) is 5.75 Å². The maximum Gasteiger partial charge on any atom is 0.342 e. The lowest BCUT2D eigenvalue weighted by molar-refractivity contribution is -0.138. The number of esters is 1. The molecular formula is C17H14O4. The number of aliphatic hydroxyl groups excluding tert-OH is 1. The number of para-hydroxylation sites is 1. The summed E-state index contributed by atoms with van der Waals surface area (Å²) in [5.41, 5.74) is 1.62. The average Bonchev–Trinajstić information content (AvgIpc) is 2.53. The summed E-state index contributed by atoms with van der Waals surface area (Å²) in [5, 5.41) is 9.94. The van der Waals surface area contributed by atoms with Crippen LogP contribution < -0.4 is 4.74 Å². The van der Waals surface area contributed by atoms with Crippen molar-refractivity contribution >= 4 is 11.5 Å². The molecule has 2 aromatic carbocycles. The highest BCUT2D eigenvalue weighted by Gasteiger charge is 2.26. The molecule has 2 aromatic rings. The Hall–Kier alpha value is -2.75. The first-order chi connectivity index (χ1) is 10.3. The van der Waals surface area contributed by atoms with Gasteiger partial charge in [-0.25, -0.2) is 4.79 Å². The van der Waals surface area contributed by atoms with E-state index in [2.05, 4.69) is 0 Å². The zero-order valence-electron chi connectivity index (χ0n) is 11.3. The SMILES string of the molecule is O=C(OCc1ccccc1)C1=C(O)COc2ccccc21. The first-order valence-electron chi connectivity index (χ1n) is 6.61. The fourth-order valence-electron chi connectivity index (χ4n) is 2.20. The number of fused-ring (bicyclic) bond motifs is 1. The second-order valence-corrected chi connectivity index (χ2v) is 4.67. The predicted octanol–water partition coefficient (Wildman–Crippen LogP) is 3.09. The monoisotopic (exact) mass is 282 g/mol. The molecule has 0 unspecified atom stereocenters. The number of carbonyl (C=O) groups excluding carboxylic acids is 1. The molecule has 0 spiro atoms. The van der Waals surface area contributed by atoms with Crippen LogP contribution in [0.25, 0.3) is 5.57 Å².